The van der Waals surface area contributed by atoms with Gasteiger partial charge in [0.25, 0.3) is 0 Å². The summed E-state index contributed by atoms with van der Waals surface area (Å²) in [6.07, 6.45) is 0. The molecule has 0 radical (unpaired) electrons. The molecule has 0 aliphatic carbocycles. The molecule has 7 nitrogen and oxygen atoms in total. The highest BCUT2D eigenvalue weighted by molar-refractivity contribution is 9.10. The summed E-state index contributed by atoms with van der Waals surface area (Å²) < 4.78 is 28.1. The number of hydrogen-bond donors (Lipinski definition) is 0. The lowest BCUT2D eigenvalue weighted by atomic mass is 10.3. The molecule has 152 valence electrons. The van der Waals surface area contributed by atoms with Gasteiger partial charge in [-0.15, -0.1) is 0 Å². The normalized spacial score (nSPS) is 19.8. The Hall–Kier alpha value is -1.03. The third-order valence-corrected chi connectivity index (χ3v) is 4.52. The Morgan fingerprint density at radius 1 is 0.667 bits per heavy atom. The smallest absolute Gasteiger partial charge is 0.215 e. The first kappa shape index (κ1) is 22.3. The predicted molar refractivity (Wildman–Crippen MR) is 107 cm³/mol. The van der Waals surface area contributed by atoms with Crippen molar-refractivity contribution in [2.75, 3.05) is 84.1 Å². The second-order valence-corrected chi connectivity index (χ2v) is 6.68. The molecular weight excluding hydrogens is 418 g/mol. The second-order valence-electron chi connectivity index (χ2n) is 5.83. The van der Waals surface area contributed by atoms with Crippen molar-refractivity contribution < 1.29 is 23.7 Å². The summed E-state index contributed by atoms with van der Waals surface area (Å²) in [6.45, 7) is 6.37. The lowest BCUT2D eigenvalue weighted by Gasteiger charge is -2.23. The van der Waals surface area contributed by atoms with Crippen molar-refractivity contribution in [2.45, 2.75) is 0 Å². The van der Waals surface area contributed by atoms with E-state index in [0.29, 0.717) is 89.3 Å². The standard InChI is InChI=1S/C19H28BrNO6/c20-17-3-1-2-4-18(19(17)22)21-5-7-23-9-11-25-13-15-27-16-14-26-12-10-24-8-6-21/h1-4H,5-16H2. The van der Waals surface area contributed by atoms with Gasteiger partial charge in [0.2, 0.25) is 5.43 Å². The Morgan fingerprint density at radius 2 is 1.07 bits per heavy atom. The molecule has 0 aromatic heterocycles. The van der Waals surface area contributed by atoms with Gasteiger partial charge in [-0.1, -0.05) is 12.1 Å². The molecule has 1 fully saturated rings. The van der Waals surface area contributed by atoms with E-state index >= 15 is 0 Å². The van der Waals surface area contributed by atoms with Crippen LogP contribution in [-0.4, -0.2) is 79.2 Å². The van der Waals surface area contributed by atoms with Gasteiger partial charge in [0, 0.05) is 13.1 Å². The molecular formula is C19H28BrNO6. The highest BCUT2D eigenvalue weighted by atomic mass is 79.9. The van der Waals surface area contributed by atoms with Crippen LogP contribution in [0.2, 0.25) is 0 Å². The number of halogens is 1. The molecule has 27 heavy (non-hydrogen) atoms. The van der Waals surface area contributed by atoms with E-state index in [4.69, 9.17) is 23.7 Å². The first-order valence-corrected chi connectivity index (χ1v) is 10.0. The summed E-state index contributed by atoms with van der Waals surface area (Å²) in [5.74, 6) is 0. The van der Waals surface area contributed by atoms with Crippen molar-refractivity contribution >= 4 is 21.6 Å². The van der Waals surface area contributed by atoms with Gasteiger partial charge in [0.1, 0.15) is 0 Å². The lowest BCUT2D eigenvalue weighted by Crippen LogP contribution is -2.34. The Balaban J connectivity index is 1.94. The molecule has 0 atom stereocenters. The van der Waals surface area contributed by atoms with E-state index in [0.717, 1.165) is 0 Å². The van der Waals surface area contributed by atoms with Gasteiger partial charge in [-0.3, -0.25) is 4.79 Å². The van der Waals surface area contributed by atoms with Crippen LogP contribution in [0.5, 0.6) is 0 Å². The number of ether oxygens (including phenoxy) is 5. The molecule has 8 heteroatoms. The monoisotopic (exact) mass is 445 g/mol. The molecule has 1 aliphatic heterocycles. The molecule has 1 heterocycles. The first-order valence-electron chi connectivity index (χ1n) is 9.21. The minimum absolute atomic E-state index is 0.0474. The Morgan fingerprint density at radius 3 is 1.56 bits per heavy atom. The van der Waals surface area contributed by atoms with Gasteiger partial charge in [0.15, 0.2) is 0 Å². The number of hydrogen-bond acceptors (Lipinski definition) is 7. The van der Waals surface area contributed by atoms with Crippen LogP contribution in [0.1, 0.15) is 0 Å². The minimum atomic E-state index is -0.0474. The average molecular weight is 446 g/mol. The van der Waals surface area contributed by atoms with Crippen molar-refractivity contribution in [3.05, 3.63) is 39.0 Å². The Kier molecular flexibility index (Phi) is 11.6. The van der Waals surface area contributed by atoms with Crippen molar-refractivity contribution in [2.24, 2.45) is 0 Å². The largest absolute Gasteiger partial charge is 0.377 e. The van der Waals surface area contributed by atoms with Crippen molar-refractivity contribution in [1.29, 1.82) is 0 Å². The third-order valence-electron chi connectivity index (χ3n) is 3.90. The van der Waals surface area contributed by atoms with Crippen LogP contribution in [0.15, 0.2) is 33.5 Å². The first-order chi connectivity index (χ1) is 13.3. The van der Waals surface area contributed by atoms with Crippen LogP contribution < -0.4 is 10.3 Å². The van der Waals surface area contributed by atoms with Crippen LogP contribution in [-0.2, 0) is 23.7 Å². The summed E-state index contributed by atoms with van der Waals surface area (Å²) in [5.41, 5.74) is 0.576. The van der Waals surface area contributed by atoms with E-state index in [1.165, 1.54) is 0 Å². The Labute approximate surface area is 168 Å². The summed E-state index contributed by atoms with van der Waals surface area (Å²) >= 11 is 3.33. The fourth-order valence-corrected chi connectivity index (χ4v) is 2.85. The maximum Gasteiger partial charge on any atom is 0.215 e. The van der Waals surface area contributed by atoms with E-state index in [1.807, 2.05) is 23.1 Å². The van der Waals surface area contributed by atoms with Crippen LogP contribution in [0, 0.1) is 0 Å². The highest BCUT2D eigenvalue weighted by Crippen LogP contribution is 2.11. The van der Waals surface area contributed by atoms with Gasteiger partial charge in [-0.05, 0) is 28.1 Å². The molecule has 2 rings (SSSR count). The van der Waals surface area contributed by atoms with E-state index in [1.54, 1.807) is 6.07 Å². The molecule has 1 saturated heterocycles. The summed E-state index contributed by atoms with van der Waals surface area (Å²) in [4.78, 5) is 14.6. The average Bonchev–Trinajstić information content (AvgIpc) is 2.83. The van der Waals surface area contributed by atoms with Gasteiger partial charge in [-0.2, -0.15) is 0 Å². The third kappa shape index (κ3) is 9.14. The minimum Gasteiger partial charge on any atom is -0.377 e. The Bertz CT molecular complexity index is 570. The van der Waals surface area contributed by atoms with E-state index in [2.05, 4.69) is 15.9 Å². The predicted octanol–water partition coefficient (Wildman–Crippen LogP) is 1.71. The lowest BCUT2D eigenvalue weighted by molar-refractivity contribution is -0.0116. The fraction of sp³-hybridized carbons (Fsp3) is 0.632. The molecule has 1 aliphatic rings. The van der Waals surface area contributed by atoms with E-state index < -0.39 is 0 Å². The van der Waals surface area contributed by atoms with Crippen LogP contribution >= 0.6 is 15.9 Å². The molecule has 0 unspecified atom stereocenters. The zero-order valence-electron chi connectivity index (χ0n) is 15.6. The molecule has 0 bridgehead atoms. The summed E-state index contributed by atoms with van der Waals surface area (Å²) in [5, 5.41) is 0. The molecule has 0 spiro atoms. The fourth-order valence-electron chi connectivity index (χ4n) is 2.49. The molecule has 0 saturated carbocycles. The molecule has 0 N–H and O–H groups in total. The number of anilines is 1. The van der Waals surface area contributed by atoms with E-state index in [9.17, 15) is 4.79 Å². The number of rotatable bonds is 1. The zero-order valence-corrected chi connectivity index (χ0v) is 17.2. The van der Waals surface area contributed by atoms with Crippen LogP contribution in [0.3, 0.4) is 0 Å². The summed E-state index contributed by atoms with van der Waals surface area (Å²) in [7, 11) is 0. The van der Waals surface area contributed by atoms with Crippen molar-refractivity contribution in [1.82, 2.24) is 0 Å². The summed E-state index contributed by atoms with van der Waals surface area (Å²) in [6, 6.07) is 7.27. The van der Waals surface area contributed by atoms with Crippen LogP contribution in [0.4, 0.5) is 5.69 Å². The quantitative estimate of drug-likeness (QED) is 0.651. The van der Waals surface area contributed by atoms with E-state index in [-0.39, 0.29) is 5.43 Å². The maximum atomic E-state index is 12.6. The highest BCUT2D eigenvalue weighted by Gasteiger charge is 2.11. The van der Waals surface area contributed by atoms with Gasteiger partial charge in [0.05, 0.1) is 76.2 Å². The van der Waals surface area contributed by atoms with Gasteiger partial charge in [-0.25, -0.2) is 0 Å². The van der Waals surface area contributed by atoms with Crippen LogP contribution in [0.25, 0.3) is 0 Å². The van der Waals surface area contributed by atoms with Gasteiger partial charge < -0.3 is 28.6 Å². The van der Waals surface area contributed by atoms with Crippen molar-refractivity contribution in [3.8, 4) is 0 Å². The zero-order chi connectivity index (χ0) is 19.2. The second kappa shape index (κ2) is 14.0. The van der Waals surface area contributed by atoms with Gasteiger partial charge >= 0.3 is 0 Å². The molecule has 1 aromatic carbocycles. The SMILES string of the molecule is O=c1c(Br)ccccc1N1CCOCCOCCOCCOCCOCC1. The number of nitrogens with zero attached hydrogens (tertiary/aromatic N) is 1. The molecule has 0 amide bonds. The molecule has 1 aromatic rings. The topological polar surface area (TPSA) is 66.5 Å². The maximum absolute atomic E-state index is 12.6. The van der Waals surface area contributed by atoms with Crippen molar-refractivity contribution in [3.63, 3.8) is 0 Å².